The number of nitrogens with one attached hydrogen (secondary N) is 1. The summed E-state index contributed by atoms with van der Waals surface area (Å²) < 4.78 is 27.5. The summed E-state index contributed by atoms with van der Waals surface area (Å²) in [6.45, 7) is 1.73. The van der Waals surface area contributed by atoms with Crippen LogP contribution in [0, 0.1) is 6.92 Å². The summed E-state index contributed by atoms with van der Waals surface area (Å²) in [5.74, 6) is 0.146. The Kier molecular flexibility index (Phi) is 6.69. The highest BCUT2D eigenvalue weighted by atomic mass is 32.2. The lowest BCUT2D eigenvalue weighted by Gasteiger charge is -2.07. The summed E-state index contributed by atoms with van der Waals surface area (Å²) in [6.07, 6.45) is 1.47. The molecule has 0 fully saturated rings. The minimum Gasteiger partial charge on any atom is -0.382 e. The molecule has 5 N–H and O–H groups in total. The number of anilines is 3. The summed E-state index contributed by atoms with van der Waals surface area (Å²) in [4.78, 5) is 12.0. The highest BCUT2D eigenvalue weighted by Gasteiger charge is 2.15. The maximum absolute atomic E-state index is 12.6. The molecule has 0 unspecified atom stereocenters. The fourth-order valence-electron chi connectivity index (χ4n) is 2.77. The lowest BCUT2D eigenvalue weighted by Crippen LogP contribution is -2.15. The van der Waals surface area contributed by atoms with E-state index in [1.54, 1.807) is 25.1 Å². The van der Waals surface area contributed by atoms with E-state index in [9.17, 15) is 8.42 Å². The Labute approximate surface area is 201 Å². The molecule has 35 heavy (non-hydrogen) atoms. The van der Waals surface area contributed by atoms with Gasteiger partial charge in [-0.05, 0) is 49.4 Å². The Bertz CT molecular complexity index is 1510. The maximum Gasteiger partial charge on any atom is 0.264 e. The van der Waals surface area contributed by atoms with Crippen LogP contribution < -0.4 is 16.2 Å². The van der Waals surface area contributed by atoms with E-state index in [1.165, 1.54) is 36.5 Å². The molecule has 0 aliphatic rings. The Morgan fingerprint density at radius 1 is 0.771 bits per heavy atom. The number of hydrogen-bond acceptors (Lipinski definition) is 11. The van der Waals surface area contributed by atoms with Crippen LogP contribution in [0.4, 0.5) is 40.3 Å². The lowest BCUT2D eigenvalue weighted by molar-refractivity contribution is 0.601. The first-order chi connectivity index (χ1) is 16.8. The quantitative estimate of drug-likeness (QED) is 0.306. The number of azo groups is 2. The highest BCUT2D eigenvalue weighted by molar-refractivity contribution is 7.92. The molecule has 0 aliphatic carbocycles. The van der Waals surface area contributed by atoms with E-state index in [-0.39, 0.29) is 33.9 Å². The second kappa shape index (κ2) is 10.0. The van der Waals surface area contributed by atoms with Crippen molar-refractivity contribution in [3.05, 3.63) is 78.6 Å². The number of benzene rings is 2. The molecular weight excluding hydrogens is 468 g/mol. The van der Waals surface area contributed by atoms with Crippen molar-refractivity contribution in [1.29, 1.82) is 0 Å². The molecule has 12 nitrogen and oxygen atoms in total. The van der Waals surface area contributed by atoms with Crippen molar-refractivity contribution in [3.63, 3.8) is 0 Å². The van der Waals surface area contributed by atoms with Gasteiger partial charge in [0.15, 0.2) is 11.6 Å². The van der Waals surface area contributed by atoms with Crippen molar-refractivity contribution in [2.24, 2.45) is 20.5 Å². The lowest BCUT2D eigenvalue weighted by atomic mass is 10.3. The fraction of sp³-hybridized carbons (Fsp3) is 0.0455. The molecule has 2 aromatic heterocycles. The van der Waals surface area contributed by atoms with E-state index >= 15 is 0 Å². The number of nitrogens with two attached hydrogens (primary N) is 2. The third kappa shape index (κ3) is 5.97. The maximum atomic E-state index is 12.6. The van der Waals surface area contributed by atoms with Gasteiger partial charge in [-0.15, -0.1) is 10.2 Å². The molecule has 2 heterocycles. The van der Waals surface area contributed by atoms with Crippen LogP contribution in [0.15, 0.2) is 98.3 Å². The normalized spacial score (nSPS) is 11.8. The summed E-state index contributed by atoms with van der Waals surface area (Å²) in [5, 5.41) is 16.4. The SMILES string of the molecule is Cc1ccnc(NS(=O)(=O)c2ccc(/N=N/c3cc(/N=N/c4ccccc4)c(N)nc3N)cc2)n1. The van der Waals surface area contributed by atoms with Gasteiger partial charge in [0, 0.05) is 18.0 Å². The van der Waals surface area contributed by atoms with E-state index in [4.69, 9.17) is 11.5 Å². The molecule has 4 rings (SSSR count). The van der Waals surface area contributed by atoms with Gasteiger partial charge in [0.1, 0.15) is 11.4 Å². The number of rotatable bonds is 7. The Balaban J connectivity index is 1.51. The van der Waals surface area contributed by atoms with Crippen LogP contribution in [-0.4, -0.2) is 23.4 Å². The van der Waals surface area contributed by atoms with Gasteiger partial charge in [0.2, 0.25) is 5.95 Å². The monoisotopic (exact) mass is 488 g/mol. The average Bonchev–Trinajstić information content (AvgIpc) is 2.83. The van der Waals surface area contributed by atoms with Gasteiger partial charge in [-0.25, -0.2) is 28.1 Å². The Hall–Kier alpha value is -4.78. The number of sulfonamides is 1. The Morgan fingerprint density at radius 2 is 1.37 bits per heavy atom. The number of nitrogens with zero attached hydrogens (tertiary/aromatic N) is 7. The average molecular weight is 489 g/mol. The zero-order valence-electron chi connectivity index (χ0n) is 18.4. The first-order valence-electron chi connectivity index (χ1n) is 10.2. The summed E-state index contributed by atoms with van der Waals surface area (Å²) in [6, 6.07) is 18.0. The zero-order valence-corrected chi connectivity index (χ0v) is 19.3. The summed E-state index contributed by atoms with van der Waals surface area (Å²) in [5.41, 5.74) is 14.0. The van der Waals surface area contributed by atoms with Crippen molar-refractivity contribution < 1.29 is 8.42 Å². The second-order valence-corrected chi connectivity index (χ2v) is 8.84. The van der Waals surface area contributed by atoms with Crippen LogP contribution in [0.1, 0.15) is 5.69 Å². The van der Waals surface area contributed by atoms with Crippen LogP contribution in [0.3, 0.4) is 0 Å². The fourth-order valence-corrected chi connectivity index (χ4v) is 3.72. The van der Waals surface area contributed by atoms with E-state index in [0.717, 1.165) is 0 Å². The van der Waals surface area contributed by atoms with Crippen molar-refractivity contribution in [2.75, 3.05) is 16.2 Å². The number of aromatic nitrogens is 3. The minimum absolute atomic E-state index is 0.0128. The predicted octanol–water partition coefficient (Wildman–Crippen LogP) is 4.98. The topological polar surface area (TPSA) is 186 Å². The van der Waals surface area contributed by atoms with Gasteiger partial charge in [0.25, 0.3) is 10.0 Å². The number of hydrogen-bond donors (Lipinski definition) is 3. The molecule has 0 saturated heterocycles. The molecular formula is C22H20N10O2S. The number of nitrogen functional groups attached to an aromatic ring is 2. The summed E-state index contributed by atoms with van der Waals surface area (Å²) >= 11 is 0. The molecule has 0 saturated carbocycles. The van der Waals surface area contributed by atoms with Gasteiger partial charge in [-0.1, -0.05) is 18.2 Å². The van der Waals surface area contributed by atoms with E-state index in [1.807, 2.05) is 18.2 Å². The van der Waals surface area contributed by atoms with E-state index < -0.39 is 10.0 Å². The standard InChI is InChI=1S/C22H20N10O2S/c1-14-11-12-25-22(26-14)32-35(33,34)17-9-7-16(8-10-17)29-31-19-13-18(20(23)27-21(19)24)30-28-15-5-3-2-4-6-15/h2-13H,1H3,(H4,23,24,27)(H,25,26,32)/b30-28+,31-29+. The van der Waals surface area contributed by atoms with Crippen LogP contribution in [0.25, 0.3) is 0 Å². The molecule has 4 aromatic rings. The molecule has 0 spiro atoms. The Morgan fingerprint density at radius 3 is 1.97 bits per heavy atom. The molecule has 0 amide bonds. The second-order valence-electron chi connectivity index (χ2n) is 7.15. The van der Waals surface area contributed by atoms with Crippen LogP contribution in [-0.2, 0) is 10.0 Å². The minimum atomic E-state index is -3.87. The number of pyridine rings is 1. The first kappa shape index (κ1) is 23.4. The predicted molar refractivity (Wildman–Crippen MR) is 132 cm³/mol. The molecule has 2 aromatic carbocycles. The van der Waals surface area contributed by atoms with Crippen molar-refractivity contribution in [2.45, 2.75) is 11.8 Å². The van der Waals surface area contributed by atoms with Gasteiger partial charge >= 0.3 is 0 Å². The van der Waals surface area contributed by atoms with Crippen molar-refractivity contribution in [1.82, 2.24) is 15.0 Å². The van der Waals surface area contributed by atoms with Crippen LogP contribution >= 0.6 is 0 Å². The molecule has 176 valence electrons. The van der Waals surface area contributed by atoms with Gasteiger partial charge in [0.05, 0.1) is 16.3 Å². The third-order valence-corrected chi connectivity index (χ3v) is 5.85. The van der Waals surface area contributed by atoms with Crippen molar-refractivity contribution in [3.8, 4) is 0 Å². The van der Waals surface area contributed by atoms with E-state index in [0.29, 0.717) is 17.1 Å². The highest BCUT2D eigenvalue weighted by Crippen LogP contribution is 2.32. The van der Waals surface area contributed by atoms with Crippen molar-refractivity contribution >= 4 is 50.4 Å². The molecule has 0 radical (unpaired) electrons. The van der Waals surface area contributed by atoms with Gasteiger partial charge in [-0.2, -0.15) is 10.2 Å². The largest absolute Gasteiger partial charge is 0.382 e. The molecule has 0 aliphatic heterocycles. The zero-order chi connectivity index (χ0) is 24.8. The smallest absolute Gasteiger partial charge is 0.264 e. The summed E-state index contributed by atoms with van der Waals surface area (Å²) in [7, 11) is -3.87. The number of aryl methyl sites for hydroxylation is 1. The van der Waals surface area contributed by atoms with Gasteiger partial charge in [-0.3, -0.25) is 0 Å². The molecule has 0 atom stereocenters. The van der Waals surface area contributed by atoms with E-state index in [2.05, 4.69) is 40.1 Å². The third-order valence-electron chi connectivity index (χ3n) is 4.51. The van der Waals surface area contributed by atoms with Crippen LogP contribution in [0.5, 0.6) is 0 Å². The van der Waals surface area contributed by atoms with Crippen LogP contribution in [0.2, 0.25) is 0 Å². The molecule has 13 heteroatoms. The van der Waals surface area contributed by atoms with Gasteiger partial charge < -0.3 is 11.5 Å². The first-order valence-corrected chi connectivity index (χ1v) is 11.7. The molecule has 0 bridgehead atoms.